The van der Waals surface area contributed by atoms with Crippen LogP contribution in [-0.2, 0) is 17.6 Å². The van der Waals surface area contributed by atoms with Crippen molar-refractivity contribution in [2.75, 3.05) is 17.7 Å². The van der Waals surface area contributed by atoms with E-state index >= 15 is 0 Å². The van der Waals surface area contributed by atoms with Crippen molar-refractivity contribution < 1.29 is 14.3 Å². The fourth-order valence-corrected chi connectivity index (χ4v) is 4.15. The van der Waals surface area contributed by atoms with Crippen molar-refractivity contribution in [3.63, 3.8) is 0 Å². The molecule has 1 aromatic carbocycles. The highest BCUT2D eigenvalue weighted by molar-refractivity contribution is 7.17. The number of nitrogens with one attached hydrogen (secondary N) is 2. The first-order valence-corrected chi connectivity index (χ1v) is 9.22. The quantitative estimate of drug-likeness (QED) is 0.846. The zero-order valence-corrected chi connectivity index (χ0v) is 15.5. The van der Waals surface area contributed by atoms with Gasteiger partial charge in [-0.25, -0.2) is 0 Å². The molecule has 3 rings (SSSR count). The average molecular weight is 358 g/mol. The molecule has 1 aliphatic rings. The smallest absolute Gasteiger partial charge is 0.258 e. The van der Waals surface area contributed by atoms with Crippen molar-refractivity contribution in [2.24, 2.45) is 5.92 Å². The molecule has 0 saturated carbocycles. The number of carbonyl (C=O) groups is 2. The molecule has 0 atom stereocenters. The maximum atomic E-state index is 12.9. The van der Waals surface area contributed by atoms with Crippen LogP contribution in [0.15, 0.2) is 24.3 Å². The Bertz CT molecular complexity index is 794. The second-order valence-corrected chi connectivity index (χ2v) is 7.49. The van der Waals surface area contributed by atoms with Crippen LogP contribution in [-0.4, -0.2) is 18.9 Å². The number of thiophene rings is 1. The van der Waals surface area contributed by atoms with Crippen molar-refractivity contribution in [1.29, 1.82) is 0 Å². The van der Waals surface area contributed by atoms with E-state index in [4.69, 9.17) is 4.74 Å². The highest BCUT2D eigenvalue weighted by Crippen LogP contribution is 2.39. The lowest BCUT2D eigenvalue weighted by atomic mass is 10.1. The van der Waals surface area contributed by atoms with Gasteiger partial charge in [0.25, 0.3) is 5.91 Å². The van der Waals surface area contributed by atoms with Crippen molar-refractivity contribution in [3.05, 3.63) is 40.3 Å². The highest BCUT2D eigenvalue weighted by atomic mass is 32.1. The van der Waals surface area contributed by atoms with Crippen molar-refractivity contribution >= 4 is 33.8 Å². The number of benzene rings is 1. The third-order valence-corrected chi connectivity index (χ3v) is 5.46. The minimum atomic E-state index is -0.177. The summed E-state index contributed by atoms with van der Waals surface area (Å²) in [6.07, 6.45) is 2.91. The Labute approximate surface area is 151 Å². The summed E-state index contributed by atoms with van der Waals surface area (Å²) in [5.74, 6) is 0.357. The third kappa shape index (κ3) is 3.69. The van der Waals surface area contributed by atoms with Crippen LogP contribution in [0.2, 0.25) is 0 Å². The van der Waals surface area contributed by atoms with Crippen LogP contribution in [0.5, 0.6) is 5.75 Å². The van der Waals surface area contributed by atoms with Crippen LogP contribution in [0.3, 0.4) is 0 Å². The maximum Gasteiger partial charge on any atom is 0.258 e. The maximum absolute atomic E-state index is 12.9. The van der Waals surface area contributed by atoms with E-state index in [0.29, 0.717) is 16.3 Å². The number of hydrogen-bond acceptors (Lipinski definition) is 4. The second-order valence-electron chi connectivity index (χ2n) is 6.39. The number of fused-ring (bicyclic) bond motifs is 1. The Morgan fingerprint density at radius 1 is 1.12 bits per heavy atom. The minimum absolute atomic E-state index is 0.0709. The second kappa shape index (κ2) is 7.27. The predicted molar refractivity (Wildman–Crippen MR) is 101 cm³/mol. The van der Waals surface area contributed by atoms with Gasteiger partial charge in [0.1, 0.15) is 10.8 Å². The molecule has 0 fully saturated rings. The van der Waals surface area contributed by atoms with Gasteiger partial charge in [-0.15, -0.1) is 11.3 Å². The lowest BCUT2D eigenvalue weighted by Crippen LogP contribution is -2.20. The van der Waals surface area contributed by atoms with E-state index < -0.39 is 0 Å². The van der Waals surface area contributed by atoms with Gasteiger partial charge >= 0.3 is 0 Å². The SMILES string of the molecule is COc1ccc(NC(=O)c2c(NC(=O)C(C)C)sc3c2CCC3)cc1. The fourth-order valence-electron chi connectivity index (χ4n) is 2.86. The van der Waals surface area contributed by atoms with Gasteiger partial charge in [0.15, 0.2) is 0 Å². The molecule has 1 aromatic heterocycles. The summed E-state index contributed by atoms with van der Waals surface area (Å²) in [4.78, 5) is 26.2. The summed E-state index contributed by atoms with van der Waals surface area (Å²) in [6.45, 7) is 3.68. The zero-order valence-electron chi connectivity index (χ0n) is 14.6. The number of hydrogen-bond donors (Lipinski definition) is 2. The lowest BCUT2D eigenvalue weighted by Gasteiger charge is -2.11. The van der Waals surface area contributed by atoms with Crippen molar-refractivity contribution in [1.82, 2.24) is 0 Å². The molecule has 2 amide bonds. The summed E-state index contributed by atoms with van der Waals surface area (Å²) >= 11 is 1.53. The molecular weight excluding hydrogens is 336 g/mol. The Hall–Kier alpha value is -2.34. The van der Waals surface area contributed by atoms with Gasteiger partial charge in [-0.2, -0.15) is 0 Å². The first-order chi connectivity index (χ1) is 12.0. The molecule has 2 N–H and O–H groups in total. The van der Waals surface area contributed by atoms with Gasteiger partial charge in [0.05, 0.1) is 12.7 Å². The van der Waals surface area contributed by atoms with E-state index in [1.54, 1.807) is 31.4 Å². The normalized spacial score (nSPS) is 12.8. The van der Waals surface area contributed by atoms with E-state index in [9.17, 15) is 9.59 Å². The summed E-state index contributed by atoms with van der Waals surface area (Å²) in [7, 11) is 1.60. The Morgan fingerprint density at radius 2 is 1.84 bits per heavy atom. The molecule has 132 valence electrons. The molecule has 25 heavy (non-hydrogen) atoms. The van der Waals surface area contributed by atoms with Crippen LogP contribution in [0.1, 0.15) is 41.1 Å². The third-order valence-electron chi connectivity index (χ3n) is 4.26. The Kier molecular flexibility index (Phi) is 5.08. The molecule has 5 nitrogen and oxygen atoms in total. The average Bonchev–Trinajstić information content (AvgIpc) is 3.15. The van der Waals surface area contributed by atoms with Crippen molar-refractivity contribution in [3.8, 4) is 5.75 Å². The summed E-state index contributed by atoms with van der Waals surface area (Å²) in [5, 5.41) is 6.51. The standard InChI is InChI=1S/C19H22N2O3S/c1-11(2)17(22)21-19-16(14-5-4-6-15(14)25-19)18(23)20-12-7-9-13(24-3)10-8-12/h7-11H,4-6H2,1-3H3,(H,20,23)(H,21,22). The lowest BCUT2D eigenvalue weighted by molar-refractivity contribution is -0.118. The van der Waals surface area contributed by atoms with Crippen LogP contribution in [0.25, 0.3) is 0 Å². The molecular formula is C19H22N2O3S. The van der Waals surface area contributed by atoms with E-state index in [-0.39, 0.29) is 17.7 Å². The van der Waals surface area contributed by atoms with Crippen molar-refractivity contribution in [2.45, 2.75) is 33.1 Å². The molecule has 0 saturated heterocycles. The highest BCUT2D eigenvalue weighted by Gasteiger charge is 2.27. The number of aryl methyl sites for hydroxylation is 1. The van der Waals surface area contributed by atoms with Gasteiger partial charge in [-0.1, -0.05) is 13.8 Å². The summed E-state index contributed by atoms with van der Waals surface area (Å²) < 4.78 is 5.13. The number of carbonyl (C=O) groups excluding carboxylic acids is 2. The monoisotopic (exact) mass is 358 g/mol. The molecule has 6 heteroatoms. The Balaban J connectivity index is 1.86. The number of amides is 2. The van der Waals surface area contributed by atoms with E-state index in [2.05, 4.69) is 10.6 Å². The van der Waals surface area contributed by atoms with Crippen LogP contribution < -0.4 is 15.4 Å². The van der Waals surface area contributed by atoms with E-state index in [0.717, 1.165) is 30.6 Å². The van der Waals surface area contributed by atoms with Gasteiger partial charge in [-0.05, 0) is 49.1 Å². The van der Waals surface area contributed by atoms with Gasteiger partial charge in [0, 0.05) is 16.5 Å². The Morgan fingerprint density at radius 3 is 2.48 bits per heavy atom. The van der Waals surface area contributed by atoms with Gasteiger partial charge in [0.2, 0.25) is 5.91 Å². The molecule has 0 spiro atoms. The topological polar surface area (TPSA) is 67.4 Å². The first-order valence-electron chi connectivity index (χ1n) is 8.40. The number of methoxy groups -OCH3 is 1. The van der Waals surface area contributed by atoms with E-state index in [1.807, 2.05) is 13.8 Å². The largest absolute Gasteiger partial charge is 0.497 e. The molecule has 1 heterocycles. The number of anilines is 2. The van der Waals surface area contributed by atoms with E-state index in [1.165, 1.54) is 16.2 Å². The summed E-state index contributed by atoms with van der Waals surface area (Å²) in [6, 6.07) is 7.20. The fraction of sp³-hybridized carbons (Fsp3) is 0.368. The zero-order chi connectivity index (χ0) is 18.0. The van der Waals surface area contributed by atoms with Gasteiger partial charge in [-0.3, -0.25) is 9.59 Å². The predicted octanol–water partition coefficient (Wildman–Crippen LogP) is 4.09. The summed E-state index contributed by atoms with van der Waals surface area (Å²) in [5.41, 5.74) is 2.39. The van der Waals surface area contributed by atoms with Crippen LogP contribution in [0, 0.1) is 5.92 Å². The molecule has 2 aromatic rings. The molecule has 0 aliphatic heterocycles. The first kappa shape index (κ1) is 17.5. The number of ether oxygens (including phenoxy) is 1. The van der Waals surface area contributed by atoms with Gasteiger partial charge < -0.3 is 15.4 Å². The minimum Gasteiger partial charge on any atom is -0.497 e. The molecule has 0 bridgehead atoms. The molecule has 1 aliphatic carbocycles. The number of rotatable bonds is 5. The van der Waals surface area contributed by atoms with Crippen LogP contribution in [0.4, 0.5) is 10.7 Å². The molecule has 0 unspecified atom stereocenters. The van der Waals surface area contributed by atoms with Crippen LogP contribution >= 0.6 is 11.3 Å². The molecule has 0 radical (unpaired) electrons.